The molecule has 0 fully saturated rings. The van der Waals surface area contributed by atoms with E-state index in [0.29, 0.717) is 10.7 Å². The van der Waals surface area contributed by atoms with Crippen LogP contribution in [0.3, 0.4) is 0 Å². The molecular formula is C16H15Cl2I3N2O6. The van der Waals surface area contributed by atoms with E-state index in [9.17, 15) is 19.2 Å². The van der Waals surface area contributed by atoms with Gasteiger partial charge < -0.3 is 20.1 Å². The third-order valence-electron chi connectivity index (χ3n) is 3.23. The molecule has 0 aliphatic rings. The molecule has 0 saturated heterocycles. The van der Waals surface area contributed by atoms with Crippen molar-refractivity contribution in [3.63, 3.8) is 0 Å². The molecule has 29 heavy (non-hydrogen) atoms. The molecule has 0 aromatic heterocycles. The summed E-state index contributed by atoms with van der Waals surface area (Å²) in [5, 5.41) is 3.86. The Hall–Kier alpha value is 0.0300. The number of carbonyl (C=O) groups excluding carboxylic acids is 4. The number of nitrogens with one attached hydrogen (secondary N) is 2. The lowest BCUT2D eigenvalue weighted by molar-refractivity contribution is -0.140. The summed E-state index contributed by atoms with van der Waals surface area (Å²) in [5.41, 5.74) is 0.554. The Labute approximate surface area is 217 Å². The second kappa shape index (κ2) is 12.8. The average molecular weight is 783 g/mol. The lowest BCUT2D eigenvalue weighted by atomic mass is 10.1. The Morgan fingerprint density at radius 2 is 1.66 bits per heavy atom. The van der Waals surface area contributed by atoms with Crippen LogP contribution in [0.15, 0.2) is 0 Å². The molecule has 0 spiro atoms. The normalized spacial score (nSPS) is 11.6. The van der Waals surface area contributed by atoms with Crippen molar-refractivity contribution in [2.75, 3.05) is 32.2 Å². The minimum absolute atomic E-state index is 0.0152. The highest BCUT2D eigenvalue weighted by Crippen LogP contribution is 2.36. The van der Waals surface area contributed by atoms with E-state index in [4.69, 9.17) is 32.7 Å². The Balaban J connectivity index is 3.25. The van der Waals surface area contributed by atoms with Crippen molar-refractivity contribution in [1.82, 2.24) is 5.32 Å². The van der Waals surface area contributed by atoms with E-state index in [1.165, 1.54) is 14.0 Å². The van der Waals surface area contributed by atoms with E-state index in [1.807, 2.05) is 67.8 Å². The van der Waals surface area contributed by atoms with Crippen molar-refractivity contribution in [1.29, 1.82) is 0 Å². The third-order valence-corrected chi connectivity index (χ3v) is 6.94. The van der Waals surface area contributed by atoms with Gasteiger partial charge in [-0.25, -0.2) is 0 Å². The summed E-state index contributed by atoms with van der Waals surface area (Å²) in [4.78, 5) is 47.6. The summed E-state index contributed by atoms with van der Waals surface area (Å²) in [6.07, 6.45) is 0. The van der Waals surface area contributed by atoms with Gasteiger partial charge in [0.25, 0.3) is 11.1 Å². The van der Waals surface area contributed by atoms with E-state index >= 15 is 0 Å². The molecule has 1 aromatic rings. The first-order chi connectivity index (χ1) is 13.5. The van der Waals surface area contributed by atoms with Gasteiger partial charge in [-0.1, -0.05) is 0 Å². The van der Waals surface area contributed by atoms with Crippen LogP contribution in [-0.4, -0.2) is 55.3 Å². The number of alkyl halides is 1. The highest BCUT2D eigenvalue weighted by molar-refractivity contribution is 14.1. The van der Waals surface area contributed by atoms with Crippen molar-refractivity contribution in [2.45, 2.75) is 12.3 Å². The first kappa shape index (κ1) is 27.1. The van der Waals surface area contributed by atoms with Gasteiger partial charge in [-0.2, -0.15) is 0 Å². The highest BCUT2D eigenvalue weighted by Gasteiger charge is 2.28. The first-order valence-electron chi connectivity index (χ1n) is 7.75. The molecule has 0 aliphatic heterocycles. The Morgan fingerprint density at radius 1 is 1.07 bits per heavy atom. The second-order valence-electron chi connectivity index (χ2n) is 5.43. The van der Waals surface area contributed by atoms with Gasteiger partial charge in [-0.15, -0.1) is 11.6 Å². The van der Waals surface area contributed by atoms with E-state index in [1.54, 1.807) is 0 Å². The summed E-state index contributed by atoms with van der Waals surface area (Å²) in [6, 6.07) is 0. The van der Waals surface area contributed by atoms with Crippen LogP contribution in [0, 0.1) is 10.7 Å². The number of rotatable bonds is 9. The number of hydrogen-bond acceptors (Lipinski definition) is 6. The number of amides is 2. The number of anilines is 1. The van der Waals surface area contributed by atoms with Gasteiger partial charge in [-0.05, 0) is 79.4 Å². The van der Waals surface area contributed by atoms with Crippen LogP contribution in [0.25, 0.3) is 0 Å². The number of halogens is 5. The van der Waals surface area contributed by atoms with Crippen LogP contribution in [0.1, 0.15) is 27.6 Å². The molecular weight excluding hydrogens is 768 g/mol. The molecule has 0 saturated carbocycles. The molecule has 2 amide bonds. The van der Waals surface area contributed by atoms with Crippen LogP contribution in [0.5, 0.6) is 0 Å². The Morgan fingerprint density at radius 3 is 2.17 bits per heavy atom. The lowest BCUT2D eigenvalue weighted by Crippen LogP contribution is -2.34. The molecule has 0 heterocycles. The number of benzene rings is 1. The van der Waals surface area contributed by atoms with Gasteiger partial charge in [0.2, 0.25) is 5.91 Å². The number of methoxy groups -OCH3 is 1. The zero-order valence-electron chi connectivity index (χ0n) is 15.0. The standard InChI is InChI=1S/C16H15Cl2I3N2O6/c1-6(24)29-4-7(17)3-22-16(27)10-11(19)9(15(18)26)12(20)14(13(10)21)23-8(25)5-28-2/h7H,3-5H2,1-2H3,(H,22,27)(H,23,25). The van der Waals surface area contributed by atoms with E-state index < -0.39 is 28.4 Å². The first-order valence-corrected chi connectivity index (χ1v) is 11.8. The predicted molar refractivity (Wildman–Crippen MR) is 134 cm³/mol. The molecule has 1 unspecified atom stereocenters. The largest absolute Gasteiger partial charge is 0.464 e. The summed E-state index contributed by atoms with van der Waals surface area (Å²) in [6.45, 7) is 1.000. The van der Waals surface area contributed by atoms with E-state index in [-0.39, 0.29) is 36.6 Å². The smallest absolute Gasteiger partial charge is 0.302 e. The van der Waals surface area contributed by atoms with Crippen molar-refractivity contribution in [3.05, 3.63) is 21.8 Å². The maximum Gasteiger partial charge on any atom is 0.302 e. The van der Waals surface area contributed by atoms with Gasteiger partial charge in [0, 0.05) is 24.1 Å². The van der Waals surface area contributed by atoms with Crippen LogP contribution in [-0.2, 0) is 19.1 Å². The number of hydrogen-bond donors (Lipinski definition) is 2. The summed E-state index contributed by atoms with van der Waals surface area (Å²) in [5.74, 6) is -1.46. The molecule has 2 N–H and O–H groups in total. The Kier molecular flexibility index (Phi) is 11.9. The summed E-state index contributed by atoms with van der Waals surface area (Å²) >= 11 is 17.4. The van der Waals surface area contributed by atoms with Gasteiger partial charge in [-0.3, -0.25) is 19.2 Å². The van der Waals surface area contributed by atoms with Crippen molar-refractivity contribution < 1.29 is 28.7 Å². The second-order valence-corrected chi connectivity index (χ2v) is 9.63. The summed E-state index contributed by atoms with van der Waals surface area (Å²) < 4.78 is 10.8. The van der Waals surface area contributed by atoms with Crippen LogP contribution in [0.4, 0.5) is 5.69 Å². The van der Waals surface area contributed by atoms with Crippen LogP contribution >= 0.6 is 91.0 Å². The van der Waals surface area contributed by atoms with Crippen molar-refractivity contribution >= 4 is 120 Å². The SMILES string of the molecule is COCC(=O)Nc1c(I)c(C(=O)Cl)c(I)c(C(=O)NCC(Cl)COC(C)=O)c1I. The topological polar surface area (TPSA) is 111 Å². The van der Waals surface area contributed by atoms with Crippen LogP contribution < -0.4 is 10.6 Å². The molecule has 8 nitrogen and oxygen atoms in total. The highest BCUT2D eigenvalue weighted by atomic mass is 127. The zero-order chi connectivity index (χ0) is 22.3. The van der Waals surface area contributed by atoms with Crippen molar-refractivity contribution in [2.24, 2.45) is 0 Å². The molecule has 0 radical (unpaired) electrons. The molecule has 0 aliphatic carbocycles. The number of esters is 1. The zero-order valence-corrected chi connectivity index (χ0v) is 23.0. The minimum atomic E-state index is -0.767. The molecule has 1 atom stereocenters. The lowest BCUT2D eigenvalue weighted by Gasteiger charge is -2.19. The number of carbonyl (C=O) groups is 4. The molecule has 0 bridgehead atoms. The fourth-order valence-electron chi connectivity index (χ4n) is 2.01. The average Bonchev–Trinajstić information content (AvgIpc) is 2.61. The fourth-order valence-corrected chi connectivity index (χ4v) is 7.07. The predicted octanol–water partition coefficient (Wildman–Crippen LogP) is 3.36. The summed E-state index contributed by atoms with van der Waals surface area (Å²) in [7, 11) is 1.37. The quantitative estimate of drug-likeness (QED) is 0.172. The van der Waals surface area contributed by atoms with E-state index in [0.717, 1.165) is 0 Å². The molecule has 1 rings (SSSR count). The van der Waals surface area contributed by atoms with E-state index in [2.05, 4.69) is 10.6 Å². The third kappa shape index (κ3) is 7.90. The maximum atomic E-state index is 12.8. The maximum absolute atomic E-state index is 12.8. The minimum Gasteiger partial charge on any atom is -0.464 e. The van der Waals surface area contributed by atoms with Crippen molar-refractivity contribution in [3.8, 4) is 0 Å². The fraction of sp³-hybridized carbons (Fsp3) is 0.375. The molecule has 160 valence electrons. The van der Waals surface area contributed by atoms with Crippen LogP contribution in [0.2, 0.25) is 0 Å². The molecule has 13 heteroatoms. The van der Waals surface area contributed by atoms with Gasteiger partial charge >= 0.3 is 5.97 Å². The molecule has 1 aromatic carbocycles. The number of ether oxygens (including phenoxy) is 2. The Bertz CT molecular complexity index is 838. The van der Waals surface area contributed by atoms with Gasteiger partial charge in [0.1, 0.15) is 13.2 Å². The van der Waals surface area contributed by atoms with Gasteiger partial charge in [0.05, 0.1) is 29.3 Å². The monoisotopic (exact) mass is 782 g/mol. The van der Waals surface area contributed by atoms with Gasteiger partial charge in [0.15, 0.2) is 0 Å².